The molecule has 2 rings (SSSR count). The zero-order chi connectivity index (χ0) is 22.2. The van der Waals surface area contributed by atoms with Gasteiger partial charge in [-0.05, 0) is 51.7 Å². The lowest BCUT2D eigenvalue weighted by molar-refractivity contribution is 0.00129. The topological polar surface area (TPSA) is 93.6 Å². The third kappa shape index (κ3) is 5.60. The second kappa shape index (κ2) is 8.10. The molecule has 164 valence electrons. The summed E-state index contributed by atoms with van der Waals surface area (Å²) < 4.78 is 13.4. The number of aromatic amines is 1. The van der Waals surface area contributed by atoms with E-state index in [-0.39, 0.29) is 11.1 Å². The van der Waals surface area contributed by atoms with Gasteiger partial charge in [0, 0.05) is 12.3 Å². The average molecular weight is 426 g/mol. The summed E-state index contributed by atoms with van der Waals surface area (Å²) in [5.41, 5.74) is -1.67. The van der Waals surface area contributed by atoms with Gasteiger partial charge in [-0.25, -0.2) is 9.59 Å². The summed E-state index contributed by atoms with van der Waals surface area (Å²) in [5, 5.41) is 0.0532. The average Bonchev–Trinajstić information content (AvgIpc) is 2.94. The molecular formula is C20H35N3O5Si. The van der Waals surface area contributed by atoms with E-state index in [0.717, 1.165) is 0 Å². The highest BCUT2D eigenvalue weighted by molar-refractivity contribution is 6.74. The Kier molecular flexibility index (Phi) is 6.54. The number of rotatable bonds is 4. The van der Waals surface area contributed by atoms with E-state index in [9.17, 15) is 14.4 Å². The van der Waals surface area contributed by atoms with Gasteiger partial charge in [-0.1, -0.05) is 20.8 Å². The van der Waals surface area contributed by atoms with E-state index in [1.807, 2.05) is 20.8 Å². The second-order valence-electron chi connectivity index (χ2n) is 10.2. The van der Waals surface area contributed by atoms with Crippen LogP contribution in [0.2, 0.25) is 18.1 Å². The Morgan fingerprint density at radius 2 is 1.79 bits per heavy atom. The van der Waals surface area contributed by atoms with Crippen molar-refractivity contribution >= 4 is 14.4 Å². The zero-order valence-electron chi connectivity index (χ0n) is 18.9. The monoisotopic (exact) mass is 425 g/mol. The first-order valence-corrected chi connectivity index (χ1v) is 13.0. The predicted octanol–water partition coefficient (Wildman–Crippen LogP) is 3.46. The molecule has 1 amide bonds. The summed E-state index contributed by atoms with van der Waals surface area (Å²) in [6.45, 7) is 16.7. The minimum absolute atomic E-state index is 0.0532. The molecule has 8 nitrogen and oxygen atoms in total. The van der Waals surface area contributed by atoms with Crippen molar-refractivity contribution < 1.29 is 14.0 Å². The lowest BCUT2D eigenvalue weighted by Gasteiger charge is -2.39. The molecule has 0 aromatic carbocycles. The van der Waals surface area contributed by atoms with E-state index in [4.69, 9.17) is 9.16 Å². The zero-order valence-corrected chi connectivity index (χ0v) is 19.9. The molecule has 29 heavy (non-hydrogen) atoms. The molecule has 1 aliphatic rings. The number of H-pyrrole nitrogens is 1. The van der Waals surface area contributed by atoms with Crippen LogP contribution in [-0.2, 0) is 9.16 Å². The Hall–Kier alpha value is -1.87. The quantitative estimate of drug-likeness (QED) is 0.746. The van der Waals surface area contributed by atoms with E-state index in [1.54, 1.807) is 4.90 Å². The summed E-state index contributed by atoms with van der Waals surface area (Å²) in [7, 11) is -2.00. The Morgan fingerprint density at radius 1 is 1.17 bits per heavy atom. The molecule has 0 radical (unpaired) electrons. The third-order valence-electron chi connectivity index (χ3n) is 5.69. The van der Waals surface area contributed by atoms with Gasteiger partial charge in [0.25, 0.3) is 5.56 Å². The lowest BCUT2D eigenvalue weighted by Crippen LogP contribution is -2.49. The van der Waals surface area contributed by atoms with Crippen LogP contribution in [0, 0.1) is 0 Å². The summed E-state index contributed by atoms with van der Waals surface area (Å²) in [5.74, 6) is 0. The number of carbonyl (C=O) groups is 1. The van der Waals surface area contributed by atoms with Gasteiger partial charge < -0.3 is 9.16 Å². The van der Waals surface area contributed by atoms with Gasteiger partial charge in [-0.15, -0.1) is 0 Å². The van der Waals surface area contributed by atoms with E-state index < -0.39 is 37.4 Å². The van der Waals surface area contributed by atoms with Crippen molar-refractivity contribution in [2.24, 2.45) is 0 Å². The fourth-order valence-electron chi connectivity index (χ4n) is 3.07. The molecule has 1 aromatic heterocycles. The van der Waals surface area contributed by atoms with Crippen LogP contribution in [-0.4, -0.2) is 47.1 Å². The fraction of sp³-hybridized carbons (Fsp3) is 0.750. The van der Waals surface area contributed by atoms with Crippen molar-refractivity contribution in [3.63, 3.8) is 0 Å². The van der Waals surface area contributed by atoms with Crippen LogP contribution in [0.3, 0.4) is 0 Å². The number of likely N-dealkylation sites (tertiary alicyclic amines) is 1. The highest BCUT2D eigenvalue weighted by Crippen LogP contribution is 2.38. The van der Waals surface area contributed by atoms with Gasteiger partial charge in [0.2, 0.25) is 0 Å². The predicted molar refractivity (Wildman–Crippen MR) is 115 cm³/mol. The van der Waals surface area contributed by atoms with Crippen molar-refractivity contribution in [2.75, 3.05) is 6.61 Å². The van der Waals surface area contributed by atoms with Crippen molar-refractivity contribution in [3.05, 3.63) is 33.1 Å². The smallest absolute Gasteiger partial charge is 0.412 e. The van der Waals surface area contributed by atoms with Gasteiger partial charge in [0.15, 0.2) is 8.32 Å². The number of hydrogen-bond donors (Lipinski definition) is 1. The highest BCUT2D eigenvalue weighted by atomic mass is 28.4. The van der Waals surface area contributed by atoms with Crippen LogP contribution in [0.4, 0.5) is 4.79 Å². The molecule has 0 aliphatic carbocycles. The fourth-order valence-corrected chi connectivity index (χ4v) is 4.11. The SMILES string of the molecule is CC(C)(C)OC(=O)N1[C@@H](CO[Si](C)(C)C(C)(C)C)CC[C@H]1n1ccc(=O)[nH]c1=O. The normalized spacial score (nSPS) is 20.8. The molecule has 1 saturated heterocycles. The summed E-state index contributed by atoms with van der Waals surface area (Å²) in [4.78, 5) is 40.7. The molecule has 2 atom stereocenters. The molecule has 9 heteroatoms. The first-order chi connectivity index (χ1) is 13.1. The molecule has 2 heterocycles. The maximum Gasteiger partial charge on any atom is 0.412 e. The molecule has 0 saturated carbocycles. The first kappa shape index (κ1) is 23.4. The number of amides is 1. The Bertz CT molecular complexity index is 847. The van der Waals surface area contributed by atoms with Crippen LogP contribution in [0.25, 0.3) is 0 Å². The van der Waals surface area contributed by atoms with Gasteiger partial charge in [0.1, 0.15) is 11.8 Å². The Balaban J connectivity index is 2.32. The molecule has 1 aliphatic heterocycles. The minimum Gasteiger partial charge on any atom is -0.444 e. The van der Waals surface area contributed by atoms with Gasteiger partial charge in [-0.3, -0.25) is 19.2 Å². The van der Waals surface area contributed by atoms with Gasteiger partial charge in [0.05, 0.1) is 12.6 Å². The van der Waals surface area contributed by atoms with E-state index in [2.05, 4.69) is 38.8 Å². The number of carbonyl (C=O) groups excluding carboxylic acids is 1. The van der Waals surface area contributed by atoms with E-state index in [1.165, 1.54) is 16.8 Å². The van der Waals surface area contributed by atoms with Crippen LogP contribution in [0.1, 0.15) is 60.5 Å². The van der Waals surface area contributed by atoms with E-state index >= 15 is 0 Å². The maximum atomic E-state index is 13.0. The summed E-state index contributed by atoms with van der Waals surface area (Å²) in [6.07, 6.45) is 1.69. The largest absolute Gasteiger partial charge is 0.444 e. The minimum atomic E-state index is -2.00. The van der Waals surface area contributed by atoms with E-state index in [0.29, 0.717) is 19.4 Å². The highest BCUT2D eigenvalue weighted by Gasteiger charge is 2.43. The van der Waals surface area contributed by atoms with Crippen molar-refractivity contribution in [2.45, 2.75) is 90.3 Å². The summed E-state index contributed by atoms with van der Waals surface area (Å²) in [6, 6.07) is 1.08. The van der Waals surface area contributed by atoms with Crippen LogP contribution >= 0.6 is 0 Å². The Labute approximate surface area is 173 Å². The molecule has 1 aromatic rings. The number of nitrogens with zero attached hydrogens (tertiary/aromatic N) is 2. The van der Waals surface area contributed by atoms with Gasteiger partial charge >= 0.3 is 11.8 Å². The van der Waals surface area contributed by atoms with Crippen LogP contribution in [0.15, 0.2) is 21.9 Å². The van der Waals surface area contributed by atoms with Crippen LogP contribution in [0.5, 0.6) is 0 Å². The van der Waals surface area contributed by atoms with Crippen molar-refractivity contribution in [3.8, 4) is 0 Å². The third-order valence-corrected chi connectivity index (χ3v) is 10.2. The maximum absolute atomic E-state index is 13.0. The molecule has 1 N–H and O–H groups in total. The van der Waals surface area contributed by atoms with Crippen molar-refractivity contribution in [1.29, 1.82) is 0 Å². The molecule has 0 unspecified atom stereocenters. The number of aromatic nitrogens is 2. The first-order valence-electron chi connectivity index (χ1n) is 10.1. The number of nitrogens with one attached hydrogen (secondary N) is 1. The number of hydrogen-bond acceptors (Lipinski definition) is 5. The molecule has 0 bridgehead atoms. The Morgan fingerprint density at radius 3 is 2.31 bits per heavy atom. The molecular weight excluding hydrogens is 390 g/mol. The lowest BCUT2D eigenvalue weighted by atomic mass is 10.2. The van der Waals surface area contributed by atoms with Gasteiger partial charge in [-0.2, -0.15) is 0 Å². The van der Waals surface area contributed by atoms with Crippen LogP contribution < -0.4 is 11.2 Å². The summed E-state index contributed by atoms with van der Waals surface area (Å²) >= 11 is 0. The van der Waals surface area contributed by atoms with Crippen molar-refractivity contribution in [1.82, 2.24) is 14.5 Å². The molecule has 1 fully saturated rings. The second-order valence-corrected chi connectivity index (χ2v) is 15.0. The standard InChI is InChI=1S/C20H35N3O5Si/c1-19(2,3)28-18(26)23-14(13-27-29(7,8)20(4,5)6)9-10-16(23)22-12-11-15(24)21-17(22)25/h11-12,14,16H,9-10,13H2,1-8H3,(H,21,24,25)/t14-,16+/m1/s1. The molecule has 0 spiro atoms. The number of ether oxygens (including phenoxy) is 1.